The molecule has 0 aliphatic carbocycles. The first-order chi connectivity index (χ1) is 14.2. The van der Waals surface area contributed by atoms with Crippen molar-refractivity contribution in [3.05, 3.63) is 65.5 Å². The molecule has 5 nitrogen and oxygen atoms in total. The first-order valence-corrected chi connectivity index (χ1v) is 10.8. The average molecular weight is 390 g/mol. The first kappa shape index (κ1) is 18.5. The summed E-state index contributed by atoms with van der Waals surface area (Å²) in [5.41, 5.74) is 5.46. The van der Waals surface area contributed by atoms with E-state index in [0.29, 0.717) is 16.4 Å². The van der Waals surface area contributed by atoms with Crippen LogP contribution in [0.25, 0.3) is 11.0 Å². The largest absolute Gasteiger partial charge is 0.346 e. The third kappa shape index (κ3) is 3.28. The zero-order valence-electron chi connectivity index (χ0n) is 17.1. The lowest BCUT2D eigenvalue weighted by Crippen LogP contribution is -2.58. The Labute approximate surface area is 171 Å². The van der Waals surface area contributed by atoms with Gasteiger partial charge in [-0.3, -0.25) is 4.48 Å². The van der Waals surface area contributed by atoms with E-state index < -0.39 is 0 Å². The van der Waals surface area contributed by atoms with Crippen LogP contribution in [0.3, 0.4) is 0 Å². The Bertz CT molecular complexity index is 1020. The Hall–Kier alpha value is -2.50. The van der Waals surface area contributed by atoms with E-state index in [-0.39, 0.29) is 0 Å². The van der Waals surface area contributed by atoms with Gasteiger partial charge in [0.15, 0.2) is 0 Å². The Balaban J connectivity index is 1.38. The van der Waals surface area contributed by atoms with Crippen molar-refractivity contribution in [3.8, 4) is 0 Å². The fourth-order valence-electron chi connectivity index (χ4n) is 5.19. The summed E-state index contributed by atoms with van der Waals surface area (Å²) in [5.74, 6) is 0.312. The summed E-state index contributed by atoms with van der Waals surface area (Å²) in [6.07, 6.45) is 5.33. The number of nitrogens with one attached hydrogen (secondary N) is 1. The normalized spacial score (nSPS) is 21.1. The summed E-state index contributed by atoms with van der Waals surface area (Å²) < 4.78 is 2.83. The van der Waals surface area contributed by atoms with Crippen LogP contribution in [0.2, 0.25) is 0 Å². The van der Waals surface area contributed by atoms with E-state index in [0.717, 1.165) is 68.6 Å². The molecule has 1 aromatic heterocycles. The van der Waals surface area contributed by atoms with Gasteiger partial charge in [-0.05, 0) is 42.3 Å². The minimum atomic E-state index is 0.312. The number of imidazole rings is 1. The number of rotatable bonds is 4. The average Bonchev–Trinajstić information content (AvgIpc) is 3.50. The number of carbonyl (C=O) groups is 1. The standard InChI is InChI=1S/C24H29N4O/c1-18-4-9-22-23(14-18)27(17-26-22)16-19-5-7-20(8-6-19)24(29)28(12-2-3-13-28)21-10-11-25-15-21/h4-9,14,17,21,25H,2-3,10-13,15-16H2,1H3/q+1. The van der Waals surface area contributed by atoms with Crippen molar-refractivity contribution in [1.82, 2.24) is 14.9 Å². The molecule has 1 unspecified atom stereocenters. The molecule has 29 heavy (non-hydrogen) atoms. The minimum Gasteiger partial charge on any atom is -0.326 e. The molecule has 0 spiro atoms. The molecule has 2 aromatic carbocycles. The quantitative estimate of drug-likeness (QED) is 0.695. The van der Waals surface area contributed by atoms with E-state index >= 15 is 0 Å². The van der Waals surface area contributed by atoms with E-state index in [1.54, 1.807) is 0 Å². The van der Waals surface area contributed by atoms with Crippen molar-refractivity contribution in [2.45, 2.75) is 38.8 Å². The van der Waals surface area contributed by atoms with Gasteiger partial charge in [0.05, 0.1) is 36.0 Å². The summed E-state index contributed by atoms with van der Waals surface area (Å²) in [6.45, 7) is 6.86. The van der Waals surface area contributed by atoms with Crippen molar-refractivity contribution in [2.75, 3.05) is 26.2 Å². The topological polar surface area (TPSA) is 46.9 Å². The van der Waals surface area contributed by atoms with Crippen molar-refractivity contribution in [1.29, 1.82) is 0 Å². The molecular formula is C24H29N4O+. The Morgan fingerprint density at radius 1 is 1.17 bits per heavy atom. The predicted molar refractivity (Wildman–Crippen MR) is 115 cm³/mol. The van der Waals surface area contributed by atoms with Crippen LogP contribution in [0.15, 0.2) is 48.8 Å². The number of hydrogen-bond acceptors (Lipinski definition) is 3. The van der Waals surface area contributed by atoms with E-state index in [1.165, 1.54) is 11.1 Å². The lowest BCUT2D eigenvalue weighted by molar-refractivity contribution is -0.860. The van der Waals surface area contributed by atoms with Crippen LogP contribution in [0.5, 0.6) is 0 Å². The number of amides is 1. The number of fused-ring (bicyclic) bond motifs is 1. The number of aryl methyl sites for hydroxylation is 1. The van der Waals surface area contributed by atoms with E-state index in [4.69, 9.17) is 0 Å². The van der Waals surface area contributed by atoms with Gasteiger partial charge < -0.3 is 9.88 Å². The molecule has 1 N–H and O–H groups in total. The molecule has 5 rings (SSSR count). The van der Waals surface area contributed by atoms with Gasteiger partial charge in [-0.2, -0.15) is 0 Å². The van der Waals surface area contributed by atoms with Gasteiger partial charge in [0.2, 0.25) is 0 Å². The second-order valence-electron chi connectivity index (χ2n) is 8.70. The van der Waals surface area contributed by atoms with E-state index in [9.17, 15) is 4.79 Å². The fraction of sp³-hybridized carbons (Fsp3) is 0.417. The van der Waals surface area contributed by atoms with Gasteiger partial charge in [-0.25, -0.2) is 9.78 Å². The number of likely N-dealkylation sites (tertiary alicyclic amines) is 1. The van der Waals surface area contributed by atoms with Crippen LogP contribution in [-0.2, 0) is 6.54 Å². The lowest BCUT2D eigenvalue weighted by atomic mass is 10.1. The first-order valence-electron chi connectivity index (χ1n) is 10.8. The third-order valence-electron chi connectivity index (χ3n) is 6.83. The van der Waals surface area contributed by atoms with Crippen LogP contribution in [-0.4, -0.2) is 52.2 Å². The van der Waals surface area contributed by atoms with Crippen LogP contribution in [0.1, 0.15) is 40.7 Å². The molecule has 2 aliphatic heterocycles. The number of carbonyl (C=O) groups excluding carboxylic acids is 1. The van der Waals surface area contributed by atoms with Gasteiger partial charge in [-0.1, -0.05) is 18.2 Å². The summed E-state index contributed by atoms with van der Waals surface area (Å²) >= 11 is 0. The van der Waals surface area contributed by atoms with Crippen molar-refractivity contribution >= 4 is 16.9 Å². The van der Waals surface area contributed by atoms with Crippen molar-refractivity contribution < 1.29 is 9.28 Å². The predicted octanol–water partition coefficient (Wildman–Crippen LogP) is 3.51. The molecule has 0 bridgehead atoms. The minimum absolute atomic E-state index is 0.312. The maximum absolute atomic E-state index is 13.5. The molecule has 3 aromatic rings. The smallest absolute Gasteiger partial charge is 0.326 e. The maximum Gasteiger partial charge on any atom is 0.346 e. The summed E-state index contributed by atoms with van der Waals surface area (Å²) in [7, 11) is 0. The zero-order chi connectivity index (χ0) is 19.8. The highest BCUT2D eigenvalue weighted by Gasteiger charge is 2.47. The fourth-order valence-corrected chi connectivity index (χ4v) is 5.19. The highest BCUT2D eigenvalue weighted by Crippen LogP contribution is 2.30. The lowest BCUT2D eigenvalue weighted by Gasteiger charge is -2.36. The van der Waals surface area contributed by atoms with Gasteiger partial charge in [-0.15, -0.1) is 0 Å². The van der Waals surface area contributed by atoms with Crippen LogP contribution in [0.4, 0.5) is 0 Å². The number of quaternary nitrogens is 1. The number of benzene rings is 2. The molecule has 2 aliphatic rings. The number of hydrogen-bond donors (Lipinski definition) is 1. The molecule has 1 atom stereocenters. The molecular weight excluding hydrogens is 360 g/mol. The maximum atomic E-state index is 13.5. The molecule has 1 amide bonds. The zero-order valence-corrected chi connectivity index (χ0v) is 17.1. The summed E-state index contributed by atoms with van der Waals surface area (Å²) in [6, 6.07) is 15.0. The molecule has 150 valence electrons. The molecule has 0 saturated carbocycles. The summed E-state index contributed by atoms with van der Waals surface area (Å²) in [4.78, 5) is 18.0. The summed E-state index contributed by atoms with van der Waals surface area (Å²) in [5, 5.41) is 3.46. The van der Waals surface area contributed by atoms with E-state index in [1.807, 2.05) is 18.5 Å². The second kappa shape index (κ2) is 7.39. The second-order valence-corrected chi connectivity index (χ2v) is 8.70. The van der Waals surface area contributed by atoms with Gasteiger partial charge in [0, 0.05) is 38.9 Å². The van der Waals surface area contributed by atoms with Crippen molar-refractivity contribution in [3.63, 3.8) is 0 Å². The van der Waals surface area contributed by atoms with Crippen LogP contribution in [0, 0.1) is 6.92 Å². The molecule has 2 saturated heterocycles. The van der Waals surface area contributed by atoms with Gasteiger partial charge >= 0.3 is 5.91 Å². The van der Waals surface area contributed by atoms with Crippen LogP contribution < -0.4 is 5.32 Å². The Morgan fingerprint density at radius 2 is 1.97 bits per heavy atom. The SMILES string of the molecule is Cc1ccc2ncn(Cc3ccc(C(=O)[N+]4(C5CCNC5)CCCC4)cc3)c2c1. The Morgan fingerprint density at radius 3 is 2.69 bits per heavy atom. The van der Waals surface area contributed by atoms with E-state index in [2.05, 4.69) is 52.1 Å². The molecule has 0 radical (unpaired) electrons. The number of aromatic nitrogens is 2. The highest BCUT2D eigenvalue weighted by molar-refractivity contribution is 5.89. The number of nitrogens with zero attached hydrogens (tertiary/aromatic N) is 3. The highest BCUT2D eigenvalue weighted by atomic mass is 16.2. The monoisotopic (exact) mass is 389 g/mol. The Kier molecular flexibility index (Phi) is 4.72. The molecule has 5 heteroatoms. The molecule has 2 fully saturated rings. The van der Waals surface area contributed by atoms with Gasteiger partial charge in [0.1, 0.15) is 6.04 Å². The van der Waals surface area contributed by atoms with Crippen LogP contribution >= 0.6 is 0 Å². The van der Waals surface area contributed by atoms with Gasteiger partial charge in [0.25, 0.3) is 0 Å². The van der Waals surface area contributed by atoms with Crippen molar-refractivity contribution in [2.24, 2.45) is 0 Å². The molecule has 3 heterocycles. The third-order valence-corrected chi connectivity index (χ3v) is 6.83.